The zero-order chi connectivity index (χ0) is 9.97. The molecular weight excluding hydrogens is 178 g/mol. The SMILES string of the molecule is O=C1CC[C@H](O)[C@@H](c2ccccc2)N1. The molecule has 1 aliphatic rings. The third-order valence-electron chi connectivity index (χ3n) is 2.53. The number of benzene rings is 1. The van der Waals surface area contributed by atoms with Crippen LogP contribution < -0.4 is 5.32 Å². The fraction of sp³-hybridized carbons (Fsp3) is 0.364. The van der Waals surface area contributed by atoms with Gasteiger partial charge in [0.05, 0.1) is 12.1 Å². The van der Waals surface area contributed by atoms with Crippen LogP contribution in [0.5, 0.6) is 0 Å². The van der Waals surface area contributed by atoms with Crippen molar-refractivity contribution in [3.8, 4) is 0 Å². The molecule has 1 amide bonds. The number of hydrogen-bond donors (Lipinski definition) is 2. The predicted molar refractivity (Wildman–Crippen MR) is 52.6 cm³/mol. The molecule has 1 saturated heterocycles. The highest BCUT2D eigenvalue weighted by atomic mass is 16.3. The lowest BCUT2D eigenvalue weighted by atomic mass is 9.94. The summed E-state index contributed by atoms with van der Waals surface area (Å²) < 4.78 is 0. The van der Waals surface area contributed by atoms with E-state index < -0.39 is 6.10 Å². The van der Waals surface area contributed by atoms with Gasteiger partial charge in [0.1, 0.15) is 0 Å². The molecule has 0 radical (unpaired) electrons. The van der Waals surface area contributed by atoms with E-state index in [2.05, 4.69) is 5.32 Å². The summed E-state index contributed by atoms with van der Waals surface area (Å²) in [6.45, 7) is 0. The minimum atomic E-state index is -0.463. The molecule has 0 saturated carbocycles. The van der Waals surface area contributed by atoms with Crippen LogP contribution >= 0.6 is 0 Å². The van der Waals surface area contributed by atoms with Gasteiger partial charge in [0.15, 0.2) is 0 Å². The van der Waals surface area contributed by atoms with Crippen molar-refractivity contribution in [3.63, 3.8) is 0 Å². The maximum Gasteiger partial charge on any atom is 0.220 e. The fourth-order valence-corrected chi connectivity index (χ4v) is 1.75. The maximum atomic E-state index is 11.2. The van der Waals surface area contributed by atoms with E-state index in [1.54, 1.807) is 0 Å². The van der Waals surface area contributed by atoms with E-state index in [0.29, 0.717) is 12.8 Å². The van der Waals surface area contributed by atoms with Crippen LogP contribution in [0, 0.1) is 0 Å². The van der Waals surface area contributed by atoms with Crippen molar-refractivity contribution in [2.24, 2.45) is 0 Å². The monoisotopic (exact) mass is 191 g/mol. The normalized spacial score (nSPS) is 27.1. The Kier molecular flexibility index (Phi) is 2.50. The Morgan fingerprint density at radius 3 is 2.71 bits per heavy atom. The van der Waals surface area contributed by atoms with Gasteiger partial charge in [0, 0.05) is 6.42 Å². The molecule has 0 aliphatic carbocycles. The molecule has 0 unspecified atom stereocenters. The van der Waals surface area contributed by atoms with Gasteiger partial charge in [-0.1, -0.05) is 30.3 Å². The van der Waals surface area contributed by atoms with Crippen LogP contribution in [0.3, 0.4) is 0 Å². The summed E-state index contributed by atoms with van der Waals surface area (Å²) in [7, 11) is 0. The predicted octanol–water partition coefficient (Wildman–Crippen LogP) is 0.999. The standard InChI is InChI=1S/C11H13NO2/c13-9-6-7-10(14)12-11(9)8-4-2-1-3-5-8/h1-5,9,11,13H,6-7H2,(H,12,14)/t9-,11+/m0/s1. The Morgan fingerprint density at radius 2 is 2.00 bits per heavy atom. The average molecular weight is 191 g/mol. The van der Waals surface area contributed by atoms with E-state index in [1.807, 2.05) is 30.3 Å². The van der Waals surface area contributed by atoms with E-state index in [-0.39, 0.29) is 11.9 Å². The summed E-state index contributed by atoms with van der Waals surface area (Å²) in [4.78, 5) is 11.2. The second kappa shape index (κ2) is 3.80. The van der Waals surface area contributed by atoms with Gasteiger partial charge in [0.2, 0.25) is 5.91 Å². The highest BCUT2D eigenvalue weighted by Crippen LogP contribution is 2.23. The Balaban J connectivity index is 2.20. The van der Waals surface area contributed by atoms with Crippen molar-refractivity contribution in [1.29, 1.82) is 0 Å². The first kappa shape index (κ1) is 9.21. The lowest BCUT2D eigenvalue weighted by Crippen LogP contribution is -2.41. The third kappa shape index (κ3) is 1.77. The molecule has 1 heterocycles. The molecule has 14 heavy (non-hydrogen) atoms. The van der Waals surface area contributed by atoms with E-state index in [4.69, 9.17) is 0 Å². The molecule has 0 spiro atoms. The van der Waals surface area contributed by atoms with Gasteiger partial charge in [-0.15, -0.1) is 0 Å². The summed E-state index contributed by atoms with van der Waals surface area (Å²) in [5, 5.41) is 12.5. The second-order valence-corrected chi connectivity index (χ2v) is 3.56. The van der Waals surface area contributed by atoms with Crippen LogP contribution in [0.4, 0.5) is 0 Å². The van der Waals surface area contributed by atoms with Crippen LogP contribution in [0.25, 0.3) is 0 Å². The average Bonchev–Trinajstić information content (AvgIpc) is 2.23. The highest BCUT2D eigenvalue weighted by molar-refractivity contribution is 5.77. The summed E-state index contributed by atoms with van der Waals surface area (Å²) in [5.41, 5.74) is 0.966. The quantitative estimate of drug-likeness (QED) is 0.695. The van der Waals surface area contributed by atoms with Crippen molar-refractivity contribution < 1.29 is 9.90 Å². The molecular formula is C11H13NO2. The number of rotatable bonds is 1. The summed E-state index contributed by atoms with van der Waals surface area (Å²) in [6.07, 6.45) is 0.505. The minimum Gasteiger partial charge on any atom is -0.391 e. The van der Waals surface area contributed by atoms with Crippen LogP contribution in [0.1, 0.15) is 24.4 Å². The molecule has 0 aromatic heterocycles. The zero-order valence-electron chi connectivity index (χ0n) is 7.81. The van der Waals surface area contributed by atoms with Gasteiger partial charge in [-0.25, -0.2) is 0 Å². The third-order valence-corrected chi connectivity index (χ3v) is 2.53. The van der Waals surface area contributed by atoms with Crippen molar-refractivity contribution in [1.82, 2.24) is 5.32 Å². The Bertz CT molecular complexity index is 323. The molecule has 1 aromatic rings. The van der Waals surface area contributed by atoms with Crippen molar-refractivity contribution >= 4 is 5.91 Å². The number of aliphatic hydroxyl groups excluding tert-OH is 1. The van der Waals surface area contributed by atoms with Crippen LogP contribution in [-0.2, 0) is 4.79 Å². The van der Waals surface area contributed by atoms with E-state index in [9.17, 15) is 9.90 Å². The van der Waals surface area contributed by atoms with Gasteiger partial charge in [-0.05, 0) is 12.0 Å². The number of amides is 1. The second-order valence-electron chi connectivity index (χ2n) is 3.56. The number of hydrogen-bond acceptors (Lipinski definition) is 2. The molecule has 2 rings (SSSR count). The van der Waals surface area contributed by atoms with Crippen molar-refractivity contribution in [3.05, 3.63) is 35.9 Å². The van der Waals surface area contributed by atoms with Gasteiger partial charge in [-0.3, -0.25) is 4.79 Å². The Morgan fingerprint density at radius 1 is 1.29 bits per heavy atom. The van der Waals surface area contributed by atoms with Gasteiger partial charge in [0.25, 0.3) is 0 Å². The number of piperidine rings is 1. The first-order valence-corrected chi connectivity index (χ1v) is 4.80. The highest BCUT2D eigenvalue weighted by Gasteiger charge is 2.27. The van der Waals surface area contributed by atoms with Crippen molar-refractivity contribution in [2.75, 3.05) is 0 Å². The van der Waals surface area contributed by atoms with E-state index in [1.165, 1.54) is 0 Å². The van der Waals surface area contributed by atoms with Gasteiger partial charge >= 0.3 is 0 Å². The molecule has 2 atom stereocenters. The number of aliphatic hydroxyl groups is 1. The molecule has 3 nitrogen and oxygen atoms in total. The molecule has 1 aromatic carbocycles. The minimum absolute atomic E-state index is 0.0177. The Hall–Kier alpha value is -1.35. The first-order valence-electron chi connectivity index (χ1n) is 4.80. The van der Waals surface area contributed by atoms with E-state index in [0.717, 1.165) is 5.56 Å². The molecule has 2 N–H and O–H groups in total. The fourth-order valence-electron chi connectivity index (χ4n) is 1.75. The lowest BCUT2D eigenvalue weighted by molar-refractivity contribution is -0.126. The summed E-state index contributed by atoms with van der Waals surface area (Å²) in [6, 6.07) is 9.32. The lowest BCUT2D eigenvalue weighted by Gasteiger charge is -2.28. The smallest absolute Gasteiger partial charge is 0.220 e. The summed E-state index contributed by atoms with van der Waals surface area (Å²) in [5.74, 6) is 0.0177. The molecule has 74 valence electrons. The first-order chi connectivity index (χ1) is 6.77. The van der Waals surface area contributed by atoms with Gasteiger partial charge in [-0.2, -0.15) is 0 Å². The molecule has 3 heteroatoms. The Labute approximate surface area is 82.8 Å². The van der Waals surface area contributed by atoms with Crippen molar-refractivity contribution in [2.45, 2.75) is 25.0 Å². The molecule has 1 fully saturated rings. The van der Waals surface area contributed by atoms with Crippen LogP contribution in [-0.4, -0.2) is 17.1 Å². The van der Waals surface area contributed by atoms with E-state index >= 15 is 0 Å². The molecule has 1 aliphatic heterocycles. The van der Waals surface area contributed by atoms with Crippen LogP contribution in [0.15, 0.2) is 30.3 Å². The molecule has 0 bridgehead atoms. The number of nitrogens with one attached hydrogen (secondary N) is 1. The largest absolute Gasteiger partial charge is 0.391 e. The van der Waals surface area contributed by atoms with Gasteiger partial charge < -0.3 is 10.4 Å². The maximum absolute atomic E-state index is 11.2. The topological polar surface area (TPSA) is 49.3 Å². The van der Waals surface area contributed by atoms with Crippen LogP contribution in [0.2, 0.25) is 0 Å². The summed E-state index contributed by atoms with van der Waals surface area (Å²) >= 11 is 0. The zero-order valence-corrected chi connectivity index (χ0v) is 7.81. The number of carbonyl (C=O) groups excluding carboxylic acids is 1. The number of carbonyl (C=O) groups is 1.